The molecule has 0 saturated heterocycles. The Kier molecular flexibility index (Phi) is 3.88. The number of hydrogen-bond donors (Lipinski definition) is 1. The van der Waals surface area contributed by atoms with E-state index in [-0.39, 0.29) is 22.9 Å². The van der Waals surface area contributed by atoms with Crippen molar-refractivity contribution in [1.29, 1.82) is 0 Å². The van der Waals surface area contributed by atoms with Crippen molar-refractivity contribution < 1.29 is 19.0 Å². The third-order valence-corrected chi connectivity index (χ3v) is 3.58. The highest BCUT2D eigenvalue weighted by Gasteiger charge is 2.31. The summed E-state index contributed by atoms with van der Waals surface area (Å²) in [4.78, 5) is 14.3. The van der Waals surface area contributed by atoms with Crippen LogP contribution in [0.4, 0.5) is 4.39 Å². The van der Waals surface area contributed by atoms with E-state index in [0.29, 0.717) is 23.4 Å². The Labute approximate surface area is 133 Å². The summed E-state index contributed by atoms with van der Waals surface area (Å²) in [5, 5.41) is 10.0. The maximum absolute atomic E-state index is 13.8. The van der Waals surface area contributed by atoms with E-state index in [9.17, 15) is 14.3 Å². The summed E-state index contributed by atoms with van der Waals surface area (Å²) in [6, 6.07) is 9.16. The van der Waals surface area contributed by atoms with Gasteiger partial charge in [-0.15, -0.1) is 0 Å². The second kappa shape index (κ2) is 5.85. The van der Waals surface area contributed by atoms with Gasteiger partial charge in [0.1, 0.15) is 17.3 Å². The largest absolute Gasteiger partial charge is 0.507 e. The molecule has 0 saturated carbocycles. The van der Waals surface area contributed by atoms with Crippen LogP contribution in [0.2, 0.25) is 0 Å². The maximum atomic E-state index is 13.8. The SMILES string of the molecule is CN(C)Cc1c(O)ccc2c1OC(=Cc1ccccc1F)C2=O. The fraction of sp³-hybridized carbons (Fsp3) is 0.167. The predicted octanol–water partition coefficient (Wildman–Crippen LogP) is 3.21. The zero-order chi connectivity index (χ0) is 16.6. The Morgan fingerprint density at radius 1 is 1.22 bits per heavy atom. The number of fused-ring (bicyclic) bond motifs is 1. The average Bonchev–Trinajstić information content (AvgIpc) is 2.81. The minimum Gasteiger partial charge on any atom is -0.507 e. The van der Waals surface area contributed by atoms with Gasteiger partial charge in [0.15, 0.2) is 5.76 Å². The van der Waals surface area contributed by atoms with Gasteiger partial charge in [-0.25, -0.2) is 4.39 Å². The van der Waals surface area contributed by atoms with Crippen LogP contribution >= 0.6 is 0 Å². The van der Waals surface area contributed by atoms with Gasteiger partial charge < -0.3 is 14.7 Å². The first-order chi connectivity index (χ1) is 11.0. The number of rotatable bonds is 3. The van der Waals surface area contributed by atoms with Crippen LogP contribution < -0.4 is 4.74 Å². The maximum Gasteiger partial charge on any atom is 0.231 e. The minimum absolute atomic E-state index is 0.0516. The van der Waals surface area contributed by atoms with Crippen LogP contribution in [0, 0.1) is 5.82 Å². The first kappa shape index (κ1) is 15.2. The number of phenols is 1. The van der Waals surface area contributed by atoms with E-state index < -0.39 is 5.82 Å². The first-order valence-electron chi connectivity index (χ1n) is 7.15. The normalized spacial score (nSPS) is 15.1. The lowest BCUT2D eigenvalue weighted by atomic mass is 10.0. The van der Waals surface area contributed by atoms with Gasteiger partial charge in [0.2, 0.25) is 5.78 Å². The third-order valence-electron chi connectivity index (χ3n) is 3.58. The molecular weight excluding hydrogens is 297 g/mol. The summed E-state index contributed by atoms with van der Waals surface area (Å²) in [7, 11) is 3.71. The van der Waals surface area contributed by atoms with E-state index in [0.717, 1.165) is 0 Å². The molecule has 5 heteroatoms. The van der Waals surface area contributed by atoms with E-state index in [1.165, 1.54) is 24.3 Å². The van der Waals surface area contributed by atoms with Gasteiger partial charge in [-0.2, -0.15) is 0 Å². The van der Waals surface area contributed by atoms with E-state index in [4.69, 9.17) is 4.74 Å². The van der Waals surface area contributed by atoms with E-state index >= 15 is 0 Å². The number of ether oxygens (including phenoxy) is 1. The fourth-order valence-electron chi connectivity index (χ4n) is 2.50. The number of aromatic hydroxyl groups is 1. The van der Waals surface area contributed by atoms with Gasteiger partial charge in [0, 0.05) is 12.1 Å². The molecule has 0 atom stereocenters. The quantitative estimate of drug-likeness (QED) is 0.884. The number of benzene rings is 2. The van der Waals surface area contributed by atoms with Crippen molar-refractivity contribution in [2.45, 2.75) is 6.54 Å². The molecule has 1 heterocycles. The molecule has 0 unspecified atom stereocenters. The molecular formula is C18H16FNO3. The summed E-state index contributed by atoms with van der Waals surface area (Å²) >= 11 is 0. The fourth-order valence-corrected chi connectivity index (χ4v) is 2.50. The summed E-state index contributed by atoms with van der Waals surface area (Å²) in [6.45, 7) is 0.426. The van der Waals surface area contributed by atoms with Crippen molar-refractivity contribution in [2.24, 2.45) is 0 Å². The molecule has 1 aliphatic rings. The second-order valence-electron chi connectivity index (χ2n) is 5.64. The molecule has 0 aliphatic carbocycles. The number of ketones is 1. The van der Waals surface area contributed by atoms with Gasteiger partial charge in [0.25, 0.3) is 0 Å². The molecule has 0 amide bonds. The molecule has 23 heavy (non-hydrogen) atoms. The first-order valence-corrected chi connectivity index (χ1v) is 7.15. The smallest absolute Gasteiger partial charge is 0.231 e. The molecule has 0 bridgehead atoms. The molecule has 1 aliphatic heterocycles. The lowest BCUT2D eigenvalue weighted by molar-refractivity contribution is 0.101. The highest BCUT2D eigenvalue weighted by molar-refractivity contribution is 6.15. The summed E-state index contributed by atoms with van der Waals surface area (Å²) in [6.07, 6.45) is 1.38. The van der Waals surface area contributed by atoms with Crippen LogP contribution in [-0.4, -0.2) is 29.9 Å². The van der Waals surface area contributed by atoms with Crippen molar-refractivity contribution in [3.63, 3.8) is 0 Å². The topological polar surface area (TPSA) is 49.8 Å². The van der Waals surface area contributed by atoms with Crippen molar-refractivity contribution in [2.75, 3.05) is 14.1 Å². The van der Waals surface area contributed by atoms with Crippen molar-refractivity contribution in [3.05, 3.63) is 64.7 Å². The highest BCUT2D eigenvalue weighted by atomic mass is 19.1. The van der Waals surface area contributed by atoms with Crippen molar-refractivity contribution in [1.82, 2.24) is 4.90 Å². The second-order valence-corrected chi connectivity index (χ2v) is 5.64. The number of halogens is 1. The number of Topliss-reactive ketones (excluding diaryl/α,β-unsaturated/α-hetero) is 1. The molecule has 2 aromatic rings. The molecule has 0 fully saturated rings. The van der Waals surface area contributed by atoms with Gasteiger partial charge in [0.05, 0.1) is 11.1 Å². The van der Waals surface area contributed by atoms with Crippen LogP contribution in [0.25, 0.3) is 6.08 Å². The minimum atomic E-state index is -0.427. The van der Waals surface area contributed by atoms with Crippen molar-refractivity contribution >= 4 is 11.9 Å². The monoisotopic (exact) mass is 313 g/mol. The Morgan fingerprint density at radius 2 is 1.96 bits per heavy atom. The van der Waals surface area contributed by atoms with E-state index in [1.807, 2.05) is 19.0 Å². The van der Waals surface area contributed by atoms with Gasteiger partial charge in [-0.05, 0) is 38.4 Å². The Bertz CT molecular complexity index is 812. The lowest BCUT2D eigenvalue weighted by Gasteiger charge is -2.13. The van der Waals surface area contributed by atoms with Crippen LogP contribution in [0.3, 0.4) is 0 Å². The van der Waals surface area contributed by atoms with Crippen LogP contribution in [0.5, 0.6) is 11.5 Å². The van der Waals surface area contributed by atoms with E-state index in [2.05, 4.69) is 0 Å². The molecule has 0 spiro atoms. The van der Waals surface area contributed by atoms with Crippen LogP contribution in [0.15, 0.2) is 42.2 Å². The molecule has 2 aromatic carbocycles. The molecule has 3 rings (SSSR count). The number of hydrogen-bond acceptors (Lipinski definition) is 4. The summed E-state index contributed by atoms with van der Waals surface area (Å²) in [5.74, 6) is -0.286. The standard InChI is InChI=1S/C18H16FNO3/c1-20(2)10-13-15(21)8-7-12-17(22)16(23-18(12)13)9-11-5-3-4-6-14(11)19/h3-9,21H,10H2,1-2H3. The molecule has 118 valence electrons. The number of allylic oxidation sites excluding steroid dienone is 1. The Balaban J connectivity index is 2.04. The average molecular weight is 313 g/mol. The van der Waals surface area contributed by atoms with Crippen LogP contribution in [-0.2, 0) is 6.54 Å². The zero-order valence-electron chi connectivity index (χ0n) is 12.8. The lowest BCUT2D eigenvalue weighted by Crippen LogP contribution is -2.11. The number of carbonyl (C=O) groups excluding carboxylic acids is 1. The molecule has 4 nitrogen and oxygen atoms in total. The van der Waals surface area contributed by atoms with Crippen molar-refractivity contribution in [3.8, 4) is 11.5 Å². The highest BCUT2D eigenvalue weighted by Crippen LogP contribution is 2.39. The number of carbonyl (C=O) groups is 1. The summed E-state index contributed by atoms with van der Waals surface area (Å²) in [5.41, 5.74) is 1.20. The van der Waals surface area contributed by atoms with E-state index in [1.54, 1.807) is 18.2 Å². The summed E-state index contributed by atoms with van der Waals surface area (Å²) < 4.78 is 19.4. The van der Waals surface area contributed by atoms with Gasteiger partial charge in [-0.3, -0.25) is 4.79 Å². The van der Waals surface area contributed by atoms with Gasteiger partial charge in [-0.1, -0.05) is 18.2 Å². The van der Waals surface area contributed by atoms with Crippen LogP contribution in [0.1, 0.15) is 21.5 Å². The Morgan fingerprint density at radius 3 is 2.65 bits per heavy atom. The predicted molar refractivity (Wildman–Crippen MR) is 84.8 cm³/mol. The number of nitrogens with zero attached hydrogens (tertiary/aromatic N) is 1. The zero-order valence-corrected chi connectivity index (χ0v) is 12.8. The number of phenolic OH excluding ortho intramolecular Hbond substituents is 1. The molecule has 1 N–H and O–H groups in total. The van der Waals surface area contributed by atoms with Gasteiger partial charge >= 0.3 is 0 Å². The Hall–Kier alpha value is -2.66. The molecule has 0 aromatic heterocycles. The molecule has 0 radical (unpaired) electrons. The third kappa shape index (κ3) is 2.83.